The summed E-state index contributed by atoms with van der Waals surface area (Å²) in [7, 11) is 0. The fraction of sp³-hybridized carbons (Fsp3) is 0.722. The van der Waals surface area contributed by atoms with Crippen molar-refractivity contribution in [1.29, 1.82) is 0 Å². The summed E-state index contributed by atoms with van der Waals surface area (Å²) in [6.07, 6.45) is 18.5. The van der Waals surface area contributed by atoms with Crippen LogP contribution < -0.4 is 0 Å². The lowest BCUT2D eigenvalue weighted by atomic mass is 10.1. The van der Waals surface area contributed by atoms with Gasteiger partial charge < -0.3 is 10.2 Å². The van der Waals surface area contributed by atoms with Crippen LogP contribution in [0.2, 0.25) is 0 Å². The van der Waals surface area contributed by atoms with Crippen molar-refractivity contribution in [2.45, 2.75) is 83.7 Å². The van der Waals surface area contributed by atoms with Crippen LogP contribution in [0.25, 0.3) is 0 Å². The summed E-state index contributed by atoms with van der Waals surface area (Å²) >= 11 is 0. The van der Waals surface area contributed by atoms with Crippen LogP contribution in [-0.2, 0) is 4.79 Å². The number of rotatable bonds is 14. The Morgan fingerprint density at radius 1 is 1.00 bits per heavy atom. The fourth-order valence-corrected chi connectivity index (χ4v) is 2.14. The fourth-order valence-electron chi connectivity index (χ4n) is 2.14. The van der Waals surface area contributed by atoms with E-state index in [-0.39, 0.29) is 12.5 Å². The highest BCUT2D eigenvalue weighted by Gasteiger charge is 1.97. The molecule has 0 fully saturated rings. The monoisotopic (exact) mass is 296 g/mol. The predicted molar refractivity (Wildman–Crippen MR) is 88.4 cm³/mol. The molecule has 0 radical (unpaired) electrons. The zero-order chi connectivity index (χ0) is 15.8. The summed E-state index contributed by atoms with van der Waals surface area (Å²) in [6.45, 7) is 2.19. The molecule has 1 atom stereocenters. The van der Waals surface area contributed by atoms with E-state index >= 15 is 0 Å². The van der Waals surface area contributed by atoms with E-state index in [0.717, 1.165) is 44.9 Å². The highest BCUT2D eigenvalue weighted by atomic mass is 16.4. The van der Waals surface area contributed by atoms with Gasteiger partial charge in [-0.25, -0.2) is 0 Å². The second kappa shape index (κ2) is 15.3. The Hall–Kier alpha value is -1.09. The molecule has 3 nitrogen and oxygen atoms in total. The molecule has 2 N–H and O–H groups in total. The Morgan fingerprint density at radius 2 is 1.71 bits per heavy atom. The minimum absolute atomic E-state index is 0.286. The summed E-state index contributed by atoms with van der Waals surface area (Å²) in [5.41, 5.74) is 0. The molecule has 0 saturated carbocycles. The van der Waals surface area contributed by atoms with Gasteiger partial charge in [-0.05, 0) is 25.7 Å². The van der Waals surface area contributed by atoms with Crippen LogP contribution in [0.1, 0.15) is 77.6 Å². The zero-order valence-electron chi connectivity index (χ0n) is 13.5. The smallest absolute Gasteiger partial charge is 0.303 e. The number of aliphatic carboxylic acids is 1. The van der Waals surface area contributed by atoms with E-state index in [0.29, 0.717) is 0 Å². The van der Waals surface area contributed by atoms with Gasteiger partial charge in [0.1, 0.15) is 0 Å². The predicted octanol–water partition coefficient (Wildman–Crippen LogP) is 4.86. The molecule has 0 bridgehead atoms. The minimum Gasteiger partial charge on any atom is -0.481 e. The minimum atomic E-state index is -0.701. The normalized spacial score (nSPS) is 13.2. The van der Waals surface area contributed by atoms with E-state index in [1.807, 2.05) is 18.2 Å². The maximum Gasteiger partial charge on any atom is 0.303 e. The largest absolute Gasteiger partial charge is 0.481 e. The summed E-state index contributed by atoms with van der Waals surface area (Å²) in [4.78, 5) is 10.3. The van der Waals surface area contributed by atoms with Gasteiger partial charge in [0.2, 0.25) is 0 Å². The molecule has 0 aromatic carbocycles. The van der Waals surface area contributed by atoms with Crippen LogP contribution in [-0.4, -0.2) is 22.3 Å². The zero-order valence-corrected chi connectivity index (χ0v) is 13.5. The van der Waals surface area contributed by atoms with Crippen molar-refractivity contribution in [3.63, 3.8) is 0 Å². The molecule has 21 heavy (non-hydrogen) atoms. The van der Waals surface area contributed by atoms with Crippen LogP contribution in [0.15, 0.2) is 24.3 Å². The maximum atomic E-state index is 10.3. The Labute approximate surface area is 129 Å². The molecule has 0 saturated heterocycles. The Bertz CT molecular complexity index is 295. The quantitative estimate of drug-likeness (QED) is 0.355. The first-order chi connectivity index (χ1) is 10.2. The van der Waals surface area contributed by atoms with Crippen LogP contribution in [0.5, 0.6) is 0 Å². The van der Waals surface area contributed by atoms with Crippen LogP contribution in [0, 0.1) is 0 Å². The number of allylic oxidation sites excluding steroid dienone is 3. The number of hydrogen-bond acceptors (Lipinski definition) is 2. The van der Waals surface area contributed by atoms with E-state index in [4.69, 9.17) is 5.11 Å². The van der Waals surface area contributed by atoms with E-state index in [1.165, 1.54) is 19.3 Å². The van der Waals surface area contributed by atoms with Gasteiger partial charge in [-0.15, -0.1) is 0 Å². The molecule has 0 aliphatic carbocycles. The number of aliphatic hydroxyl groups is 1. The third kappa shape index (κ3) is 16.9. The topological polar surface area (TPSA) is 57.5 Å². The van der Waals surface area contributed by atoms with E-state index in [9.17, 15) is 9.90 Å². The molecule has 0 spiro atoms. The van der Waals surface area contributed by atoms with Gasteiger partial charge in [0, 0.05) is 6.42 Å². The van der Waals surface area contributed by atoms with Gasteiger partial charge in [-0.2, -0.15) is 0 Å². The van der Waals surface area contributed by atoms with Crippen LogP contribution in [0.4, 0.5) is 0 Å². The Balaban J connectivity index is 3.40. The summed E-state index contributed by atoms with van der Waals surface area (Å²) < 4.78 is 0. The van der Waals surface area contributed by atoms with Crippen molar-refractivity contribution in [3.05, 3.63) is 24.3 Å². The van der Waals surface area contributed by atoms with E-state index < -0.39 is 5.97 Å². The third-order valence-electron chi connectivity index (χ3n) is 3.45. The molecule has 0 amide bonds. The molecule has 1 unspecified atom stereocenters. The average Bonchev–Trinajstić information content (AvgIpc) is 2.45. The lowest BCUT2D eigenvalue weighted by Gasteiger charge is -2.03. The van der Waals surface area contributed by atoms with Gasteiger partial charge in [0.05, 0.1) is 6.10 Å². The molecule has 0 heterocycles. The molecule has 122 valence electrons. The first-order valence-corrected chi connectivity index (χ1v) is 8.40. The lowest BCUT2D eigenvalue weighted by Crippen LogP contribution is -2.00. The number of carboxylic acid groups (broad SMARTS) is 1. The van der Waals surface area contributed by atoms with Crippen molar-refractivity contribution in [3.8, 4) is 0 Å². The number of carboxylic acids is 1. The second-order valence-electron chi connectivity index (χ2n) is 5.58. The Kier molecular flexibility index (Phi) is 14.5. The van der Waals surface area contributed by atoms with E-state index in [1.54, 1.807) is 0 Å². The van der Waals surface area contributed by atoms with E-state index in [2.05, 4.69) is 13.0 Å². The highest BCUT2D eigenvalue weighted by molar-refractivity contribution is 5.66. The lowest BCUT2D eigenvalue weighted by molar-refractivity contribution is -0.137. The van der Waals surface area contributed by atoms with Crippen molar-refractivity contribution < 1.29 is 15.0 Å². The maximum absolute atomic E-state index is 10.3. The number of aliphatic hydroxyl groups excluding tert-OH is 1. The summed E-state index contributed by atoms with van der Waals surface area (Å²) in [6, 6.07) is 0. The molecule has 3 heteroatoms. The SMILES string of the molecule is CCCCCCC(O)C=CC=CCCCCCCC(=O)O. The van der Waals surface area contributed by atoms with Gasteiger partial charge in [-0.1, -0.05) is 69.8 Å². The second-order valence-corrected chi connectivity index (χ2v) is 5.58. The van der Waals surface area contributed by atoms with Crippen LogP contribution >= 0.6 is 0 Å². The van der Waals surface area contributed by atoms with Gasteiger partial charge in [-0.3, -0.25) is 4.79 Å². The third-order valence-corrected chi connectivity index (χ3v) is 3.45. The number of carbonyl (C=O) groups is 1. The molecule has 0 aromatic rings. The summed E-state index contributed by atoms with van der Waals surface area (Å²) in [5, 5.41) is 18.2. The molecular formula is C18H32O3. The van der Waals surface area contributed by atoms with Gasteiger partial charge in [0.15, 0.2) is 0 Å². The molecule has 0 aliphatic heterocycles. The molecule has 0 rings (SSSR count). The van der Waals surface area contributed by atoms with Crippen molar-refractivity contribution in [1.82, 2.24) is 0 Å². The summed E-state index contributed by atoms with van der Waals surface area (Å²) in [5.74, 6) is -0.701. The number of hydrogen-bond donors (Lipinski definition) is 2. The van der Waals surface area contributed by atoms with Crippen molar-refractivity contribution >= 4 is 5.97 Å². The van der Waals surface area contributed by atoms with Crippen molar-refractivity contribution in [2.75, 3.05) is 0 Å². The van der Waals surface area contributed by atoms with Gasteiger partial charge >= 0.3 is 5.97 Å². The van der Waals surface area contributed by atoms with Crippen LogP contribution in [0.3, 0.4) is 0 Å². The average molecular weight is 296 g/mol. The van der Waals surface area contributed by atoms with Crippen molar-refractivity contribution in [2.24, 2.45) is 0 Å². The standard InChI is InChI=1S/C18H32O3/c1-2-3-4-11-14-17(19)15-12-9-7-5-6-8-10-13-16-18(20)21/h7,9,12,15,17,19H,2-6,8,10-11,13-14,16H2,1H3,(H,20,21). The molecule has 0 aliphatic rings. The first-order valence-electron chi connectivity index (χ1n) is 8.40. The molecule has 0 aromatic heterocycles. The number of unbranched alkanes of at least 4 members (excludes halogenated alkanes) is 7. The van der Waals surface area contributed by atoms with Gasteiger partial charge in [0.25, 0.3) is 0 Å². The first kappa shape index (κ1) is 19.9. The highest BCUT2D eigenvalue weighted by Crippen LogP contribution is 2.07. The Morgan fingerprint density at radius 3 is 2.43 bits per heavy atom. The molecular weight excluding hydrogens is 264 g/mol.